The smallest absolute Gasteiger partial charge is 0.324 e. The van der Waals surface area contributed by atoms with Crippen LogP contribution in [0, 0.1) is 6.92 Å². The van der Waals surface area contributed by atoms with E-state index in [9.17, 15) is 13.2 Å². The number of fused-ring (bicyclic) bond motifs is 1. The number of carbonyl (C=O) groups is 1. The number of aromatic nitrogens is 1. The maximum absolute atomic E-state index is 13.1. The van der Waals surface area contributed by atoms with Gasteiger partial charge < -0.3 is 4.74 Å². The Balaban J connectivity index is 1.50. The second-order valence-corrected chi connectivity index (χ2v) is 10.1. The maximum Gasteiger partial charge on any atom is 0.324 e. The van der Waals surface area contributed by atoms with Gasteiger partial charge in [-0.25, -0.2) is 13.4 Å². The lowest BCUT2D eigenvalue weighted by atomic mass is 10.1. The van der Waals surface area contributed by atoms with Gasteiger partial charge in [-0.05, 0) is 50.5 Å². The summed E-state index contributed by atoms with van der Waals surface area (Å²) >= 11 is 1.47. The van der Waals surface area contributed by atoms with Crippen molar-refractivity contribution in [3.8, 4) is 0 Å². The third-order valence-electron chi connectivity index (χ3n) is 5.03. The molecule has 0 unspecified atom stereocenters. The Kier molecular flexibility index (Phi) is 5.67. The minimum absolute atomic E-state index is 0.0487. The van der Waals surface area contributed by atoms with Crippen molar-refractivity contribution < 1.29 is 17.9 Å². The summed E-state index contributed by atoms with van der Waals surface area (Å²) in [5.41, 5.74) is 1.85. The fraction of sp³-hybridized carbons (Fsp3) is 0.333. The molecule has 0 aliphatic carbocycles. The molecule has 152 valence electrons. The van der Waals surface area contributed by atoms with Crippen molar-refractivity contribution in [2.75, 3.05) is 6.54 Å². The molecule has 0 spiro atoms. The quantitative estimate of drug-likeness (QED) is 0.574. The number of hydrogen-bond acceptors (Lipinski definition) is 6. The van der Waals surface area contributed by atoms with E-state index in [4.69, 9.17) is 4.74 Å². The van der Waals surface area contributed by atoms with Crippen LogP contribution in [0.2, 0.25) is 0 Å². The zero-order valence-electron chi connectivity index (χ0n) is 16.1. The first-order valence-corrected chi connectivity index (χ1v) is 11.8. The molecular formula is C21H22N2O4S2. The molecule has 1 saturated heterocycles. The van der Waals surface area contributed by atoms with E-state index in [1.54, 1.807) is 24.3 Å². The molecule has 0 N–H and O–H groups in total. The zero-order valence-corrected chi connectivity index (χ0v) is 17.7. The van der Waals surface area contributed by atoms with Gasteiger partial charge in [-0.3, -0.25) is 4.79 Å². The average Bonchev–Trinajstić information content (AvgIpc) is 3.15. The number of piperidine rings is 1. The second-order valence-electron chi connectivity index (χ2n) is 7.12. The van der Waals surface area contributed by atoms with Crippen LogP contribution in [0.15, 0.2) is 53.4 Å². The van der Waals surface area contributed by atoms with Gasteiger partial charge in [0.1, 0.15) is 17.7 Å². The van der Waals surface area contributed by atoms with Crippen molar-refractivity contribution in [1.29, 1.82) is 0 Å². The van der Waals surface area contributed by atoms with Crippen molar-refractivity contribution in [3.05, 3.63) is 59.1 Å². The monoisotopic (exact) mass is 430 g/mol. The molecule has 8 heteroatoms. The van der Waals surface area contributed by atoms with Crippen LogP contribution < -0.4 is 0 Å². The second kappa shape index (κ2) is 8.22. The molecule has 6 nitrogen and oxygen atoms in total. The summed E-state index contributed by atoms with van der Waals surface area (Å²) in [5.74, 6) is -0.514. The van der Waals surface area contributed by atoms with Gasteiger partial charge in [-0.1, -0.05) is 29.8 Å². The molecule has 4 rings (SSSR count). The SMILES string of the molecule is Cc1ccc(S(=O)(=O)N2CCCC[C@@H]2C(=O)OCc2nc3ccccc3s2)cc1. The third-order valence-corrected chi connectivity index (χ3v) is 7.96. The van der Waals surface area contributed by atoms with E-state index in [0.29, 0.717) is 18.0 Å². The van der Waals surface area contributed by atoms with Crippen LogP contribution in [-0.4, -0.2) is 36.3 Å². The first-order valence-electron chi connectivity index (χ1n) is 9.55. The number of carbonyl (C=O) groups excluding carboxylic acids is 1. The maximum atomic E-state index is 13.1. The summed E-state index contributed by atoms with van der Waals surface area (Å²) in [6.07, 6.45) is 1.98. The summed E-state index contributed by atoms with van der Waals surface area (Å²) in [7, 11) is -3.76. The molecule has 1 aromatic heterocycles. The molecule has 0 bridgehead atoms. The molecule has 1 aliphatic heterocycles. The van der Waals surface area contributed by atoms with E-state index in [0.717, 1.165) is 28.6 Å². The van der Waals surface area contributed by atoms with Crippen LogP contribution in [0.4, 0.5) is 0 Å². The molecule has 29 heavy (non-hydrogen) atoms. The van der Waals surface area contributed by atoms with Gasteiger partial charge in [0.25, 0.3) is 0 Å². The van der Waals surface area contributed by atoms with Crippen LogP contribution in [0.3, 0.4) is 0 Å². The highest BCUT2D eigenvalue weighted by molar-refractivity contribution is 7.89. The Morgan fingerprint density at radius 3 is 2.69 bits per heavy atom. The number of ether oxygens (including phenoxy) is 1. The highest BCUT2D eigenvalue weighted by atomic mass is 32.2. The topological polar surface area (TPSA) is 76.6 Å². The van der Waals surface area contributed by atoms with Crippen molar-refractivity contribution in [2.45, 2.75) is 43.7 Å². The van der Waals surface area contributed by atoms with Crippen molar-refractivity contribution in [3.63, 3.8) is 0 Å². The number of benzene rings is 2. The number of hydrogen-bond donors (Lipinski definition) is 0. The van der Waals surface area contributed by atoms with Gasteiger partial charge in [0.2, 0.25) is 10.0 Å². The summed E-state index contributed by atoms with van der Waals surface area (Å²) in [4.78, 5) is 17.4. The molecule has 1 fully saturated rings. The minimum atomic E-state index is -3.76. The van der Waals surface area contributed by atoms with Crippen molar-refractivity contribution in [1.82, 2.24) is 9.29 Å². The Hall–Kier alpha value is -2.29. The molecule has 0 amide bonds. The summed E-state index contributed by atoms with van der Waals surface area (Å²) in [6.45, 7) is 2.27. The Bertz CT molecular complexity index is 1090. The van der Waals surface area contributed by atoms with Crippen molar-refractivity contribution >= 4 is 37.5 Å². The number of sulfonamides is 1. The minimum Gasteiger partial charge on any atom is -0.457 e. The van der Waals surface area contributed by atoms with Gasteiger partial charge in [0, 0.05) is 6.54 Å². The standard InChI is InChI=1S/C21H22N2O4S2/c1-15-9-11-16(12-10-15)29(25,26)23-13-5-4-7-18(23)21(24)27-14-20-22-17-6-2-3-8-19(17)28-20/h2-3,6,8-12,18H,4-5,7,13-14H2,1H3/t18-/m1/s1. The molecule has 2 heterocycles. The van der Waals surface area contributed by atoms with Gasteiger partial charge in [0.05, 0.1) is 15.1 Å². The number of rotatable bonds is 5. The number of para-hydroxylation sites is 1. The first kappa shape index (κ1) is 20.0. The van der Waals surface area contributed by atoms with Gasteiger partial charge >= 0.3 is 5.97 Å². The molecule has 1 atom stereocenters. The van der Waals surface area contributed by atoms with Crippen LogP contribution in [-0.2, 0) is 26.2 Å². The Morgan fingerprint density at radius 2 is 1.93 bits per heavy atom. The molecular weight excluding hydrogens is 408 g/mol. The highest BCUT2D eigenvalue weighted by Gasteiger charge is 2.38. The third kappa shape index (κ3) is 4.19. The number of esters is 1. The highest BCUT2D eigenvalue weighted by Crippen LogP contribution is 2.27. The predicted molar refractivity (Wildman–Crippen MR) is 112 cm³/mol. The van der Waals surface area contributed by atoms with Crippen molar-refractivity contribution in [2.24, 2.45) is 0 Å². The van der Waals surface area contributed by atoms with Gasteiger partial charge in [-0.15, -0.1) is 11.3 Å². The summed E-state index contributed by atoms with van der Waals surface area (Å²) in [5, 5.41) is 0.698. The molecule has 0 radical (unpaired) electrons. The largest absolute Gasteiger partial charge is 0.457 e. The lowest BCUT2D eigenvalue weighted by Gasteiger charge is -2.33. The summed E-state index contributed by atoms with van der Waals surface area (Å²) in [6, 6.07) is 13.6. The van der Waals surface area contributed by atoms with Gasteiger partial charge in [0.15, 0.2) is 0 Å². The molecule has 0 saturated carbocycles. The number of aryl methyl sites for hydroxylation is 1. The first-order chi connectivity index (χ1) is 13.9. The zero-order chi connectivity index (χ0) is 20.4. The Labute approximate surface area is 174 Å². The molecule has 2 aromatic carbocycles. The van der Waals surface area contributed by atoms with Crippen LogP contribution in [0.1, 0.15) is 29.8 Å². The van der Waals surface area contributed by atoms with E-state index in [1.165, 1.54) is 15.6 Å². The summed E-state index contributed by atoms with van der Waals surface area (Å²) < 4.78 is 34.0. The number of nitrogens with zero attached hydrogens (tertiary/aromatic N) is 2. The van der Waals surface area contributed by atoms with E-state index >= 15 is 0 Å². The van der Waals surface area contributed by atoms with Crippen LogP contribution in [0.25, 0.3) is 10.2 Å². The number of thiazole rings is 1. The van der Waals surface area contributed by atoms with Gasteiger partial charge in [-0.2, -0.15) is 4.31 Å². The fourth-order valence-corrected chi connectivity index (χ4v) is 6.01. The predicted octanol–water partition coefficient (Wildman–Crippen LogP) is 3.89. The molecule has 3 aromatic rings. The van der Waals surface area contributed by atoms with E-state index < -0.39 is 22.0 Å². The van der Waals surface area contributed by atoms with E-state index in [2.05, 4.69) is 4.98 Å². The lowest BCUT2D eigenvalue weighted by Crippen LogP contribution is -2.48. The van der Waals surface area contributed by atoms with E-state index in [1.807, 2.05) is 31.2 Å². The average molecular weight is 431 g/mol. The molecule has 1 aliphatic rings. The normalized spacial score (nSPS) is 18.0. The fourth-order valence-electron chi connectivity index (χ4n) is 3.48. The lowest BCUT2D eigenvalue weighted by molar-refractivity contribution is -0.150. The van der Waals surface area contributed by atoms with Crippen LogP contribution in [0.5, 0.6) is 0 Å². The van der Waals surface area contributed by atoms with E-state index in [-0.39, 0.29) is 11.5 Å². The Morgan fingerprint density at radius 1 is 1.17 bits per heavy atom. The van der Waals surface area contributed by atoms with Crippen LogP contribution >= 0.6 is 11.3 Å².